The van der Waals surface area contributed by atoms with Gasteiger partial charge in [0.15, 0.2) is 0 Å². The number of carbonyl (C=O) groups is 1. The van der Waals surface area contributed by atoms with Gasteiger partial charge in [-0.15, -0.1) is 0 Å². The molecule has 0 fully saturated rings. The van der Waals surface area contributed by atoms with Crippen molar-refractivity contribution in [2.24, 2.45) is 0 Å². The molecule has 14 heavy (non-hydrogen) atoms. The maximum Gasteiger partial charge on any atom is 0.328 e. The summed E-state index contributed by atoms with van der Waals surface area (Å²) >= 11 is 3.23. The number of hydrogen-bond acceptors (Lipinski definition) is 2. The Morgan fingerprint density at radius 3 is 2.64 bits per heavy atom. The van der Waals surface area contributed by atoms with Crippen molar-refractivity contribution in [2.45, 2.75) is 4.90 Å². The van der Waals surface area contributed by atoms with Crippen LogP contribution in [0.5, 0.6) is 0 Å². The van der Waals surface area contributed by atoms with Crippen molar-refractivity contribution < 1.29 is 14.1 Å². The van der Waals surface area contributed by atoms with Gasteiger partial charge in [0.05, 0.1) is 15.7 Å². The van der Waals surface area contributed by atoms with E-state index in [9.17, 15) is 9.00 Å². The van der Waals surface area contributed by atoms with E-state index in [0.717, 1.165) is 11.5 Å². The summed E-state index contributed by atoms with van der Waals surface area (Å²) in [4.78, 5) is 10.7. The highest BCUT2D eigenvalue weighted by atomic mass is 79.9. The molecule has 0 aliphatic rings. The molecule has 1 aromatic carbocycles. The quantitative estimate of drug-likeness (QED) is 0.860. The lowest BCUT2D eigenvalue weighted by Crippen LogP contribution is -1.91. The molecule has 0 bridgehead atoms. The second kappa shape index (κ2) is 5.07. The second-order valence-corrected chi connectivity index (χ2v) is 4.53. The number of benzene rings is 1. The van der Waals surface area contributed by atoms with Crippen LogP contribution in [0.2, 0.25) is 0 Å². The zero-order valence-electron chi connectivity index (χ0n) is 7.01. The zero-order chi connectivity index (χ0) is 10.6. The third kappa shape index (κ3) is 3.08. The molecule has 1 aromatic rings. The van der Waals surface area contributed by atoms with Crippen molar-refractivity contribution in [1.29, 1.82) is 0 Å². The van der Waals surface area contributed by atoms with E-state index < -0.39 is 16.8 Å². The molecule has 0 amide bonds. The average molecular weight is 275 g/mol. The molecule has 1 unspecified atom stereocenters. The van der Waals surface area contributed by atoms with Crippen LogP contribution >= 0.6 is 15.9 Å². The van der Waals surface area contributed by atoms with E-state index in [0.29, 0.717) is 9.37 Å². The minimum atomic E-state index is -1.42. The predicted molar refractivity (Wildman–Crippen MR) is 57.3 cm³/mol. The zero-order valence-corrected chi connectivity index (χ0v) is 9.42. The number of carboxylic acid groups (broad SMARTS) is 1. The summed E-state index contributed by atoms with van der Waals surface area (Å²) in [6.45, 7) is 0. The molecular formula is C9H7BrO3S. The van der Waals surface area contributed by atoms with E-state index in [4.69, 9.17) is 5.11 Å². The highest BCUT2D eigenvalue weighted by Crippen LogP contribution is 2.19. The first-order chi connectivity index (χ1) is 6.61. The van der Waals surface area contributed by atoms with Gasteiger partial charge in [-0.25, -0.2) is 9.00 Å². The lowest BCUT2D eigenvalue weighted by molar-refractivity contribution is -0.131. The van der Waals surface area contributed by atoms with Gasteiger partial charge in [0.25, 0.3) is 0 Å². The molecule has 0 saturated carbocycles. The number of rotatable bonds is 3. The van der Waals surface area contributed by atoms with Gasteiger partial charge in [-0.1, -0.05) is 12.1 Å². The van der Waals surface area contributed by atoms with Crippen LogP contribution < -0.4 is 0 Å². The van der Waals surface area contributed by atoms with Gasteiger partial charge in [0.2, 0.25) is 0 Å². The average Bonchev–Trinajstić information content (AvgIpc) is 2.15. The molecule has 0 aliphatic heterocycles. The Kier molecular flexibility index (Phi) is 4.03. The molecule has 0 heterocycles. The molecule has 0 spiro atoms. The first kappa shape index (κ1) is 11.1. The van der Waals surface area contributed by atoms with Gasteiger partial charge in [-0.2, -0.15) is 0 Å². The number of hydrogen-bond donors (Lipinski definition) is 1. The van der Waals surface area contributed by atoms with Crippen LogP contribution in [0.15, 0.2) is 45.1 Å². The summed E-state index contributed by atoms with van der Waals surface area (Å²) < 4.78 is 12.2. The Morgan fingerprint density at radius 1 is 1.43 bits per heavy atom. The minimum absolute atomic E-state index is 0.560. The standard InChI is InChI=1S/C9H7BrO3S/c10-7-3-1-2-4-8(7)14(13)6-5-9(11)12/h1-6H,(H,11,12)/b6-5+. The van der Waals surface area contributed by atoms with Crippen LogP contribution in [0.1, 0.15) is 0 Å². The molecule has 74 valence electrons. The molecule has 0 radical (unpaired) electrons. The normalized spacial score (nSPS) is 12.9. The molecule has 0 saturated heterocycles. The first-order valence-corrected chi connectivity index (χ1v) is 5.68. The SMILES string of the molecule is O=C(O)/C=C/S(=O)c1ccccc1Br. The van der Waals surface area contributed by atoms with Crippen LogP contribution in [-0.2, 0) is 15.6 Å². The van der Waals surface area contributed by atoms with Gasteiger partial charge in [0, 0.05) is 16.0 Å². The van der Waals surface area contributed by atoms with Crippen molar-refractivity contribution >= 4 is 32.7 Å². The Morgan fingerprint density at radius 2 is 2.07 bits per heavy atom. The van der Waals surface area contributed by atoms with E-state index in [1.165, 1.54) is 0 Å². The van der Waals surface area contributed by atoms with Gasteiger partial charge in [0.1, 0.15) is 0 Å². The molecule has 1 atom stereocenters. The highest BCUT2D eigenvalue weighted by molar-refractivity contribution is 9.10. The molecule has 3 nitrogen and oxygen atoms in total. The summed E-state index contributed by atoms with van der Waals surface area (Å²) in [6, 6.07) is 6.96. The van der Waals surface area contributed by atoms with E-state index in [1.807, 2.05) is 0 Å². The maximum absolute atomic E-state index is 11.5. The fraction of sp³-hybridized carbons (Fsp3) is 0. The summed E-state index contributed by atoms with van der Waals surface area (Å²) in [5, 5.41) is 9.49. The van der Waals surface area contributed by atoms with Gasteiger partial charge >= 0.3 is 5.97 Å². The third-order valence-corrected chi connectivity index (χ3v) is 3.51. The molecular weight excluding hydrogens is 268 g/mol. The first-order valence-electron chi connectivity index (χ1n) is 3.67. The fourth-order valence-corrected chi connectivity index (χ4v) is 2.42. The van der Waals surface area contributed by atoms with Crippen molar-refractivity contribution in [2.75, 3.05) is 0 Å². The third-order valence-electron chi connectivity index (χ3n) is 1.39. The predicted octanol–water partition coefficient (Wildman–Crippen LogP) is 2.16. The second-order valence-electron chi connectivity index (χ2n) is 2.37. The largest absolute Gasteiger partial charge is 0.478 e. The van der Waals surface area contributed by atoms with Crippen molar-refractivity contribution in [3.63, 3.8) is 0 Å². The summed E-state index contributed by atoms with van der Waals surface area (Å²) in [5.41, 5.74) is 0. The molecule has 0 aliphatic carbocycles. The topological polar surface area (TPSA) is 54.4 Å². The van der Waals surface area contributed by atoms with E-state index in [-0.39, 0.29) is 0 Å². The maximum atomic E-state index is 11.5. The Balaban J connectivity index is 2.91. The molecule has 0 aromatic heterocycles. The Labute approximate surface area is 92.0 Å². The highest BCUT2D eigenvalue weighted by Gasteiger charge is 2.03. The summed E-state index contributed by atoms with van der Waals surface area (Å²) in [7, 11) is -1.42. The Hall–Kier alpha value is -0.940. The van der Waals surface area contributed by atoms with Crippen LogP contribution in [-0.4, -0.2) is 15.3 Å². The summed E-state index contributed by atoms with van der Waals surface area (Å²) in [6.07, 6.45) is 0.871. The molecule has 1 N–H and O–H groups in total. The van der Waals surface area contributed by atoms with Crippen LogP contribution in [0.4, 0.5) is 0 Å². The van der Waals surface area contributed by atoms with Crippen LogP contribution in [0, 0.1) is 0 Å². The van der Waals surface area contributed by atoms with Crippen molar-refractivity contribution in [1.82, 2.24) is 0 Å². The minimum Gasteiger partial charge on any atom is -0.478 e. The molecule has 5 heteroatoms. The smallest absolute Gasteiger partial charge is 0.328 e. The van der Waals surface area contributed by atoms with Gasteiger partial charge in [-0.05, 0) is 28.1 Å². The lowest BCUT2D eigenvalue weighted by Gasteiger charge is -1.98. The van der Waals surface area contributed by atoms with E-state index in [2.05, 4.69) is 15.9 Å². The number of halogens is 1. The van der Waals surface area contributed by atoms with Crippen LogP contribution in [0.3, 0.4) is 0 Å². The molecule has 1 rings (SSSR count). The van der Waals surface area contributed by atoms with Crippen molar-refractivity contribution in [3.05, 3.63) is 40.2 Å². The van der Waals surface area contributed by atoms with Crippen molar-refractivity contribution in [3.8, 4) is 0 Å². The monoisotopic (exact) mass is 274 g/mol. The van der Waals surface area contributed by atoms with Gasteiger partial charge < -0.3 is 5.11 Å². The van der Waals surface area contributed by atoms with E-state index >= 15 is 0 Å². The van der Waals surface area contributed by atoms with Crippen LogP contribution in [0.25, 0.3) is 0 Å². The number of aliphatic carboxylic acids is 1. The summed E-state index contributed by atoms with van der Waals surface area (Å²) in [5.74, 6) is -1.11. The number of carboxylic acids is 1. The fourth-order valence-electron chi connectivity index (χ4n) is 0.801. The lowest BCUT2D eigenvalue weighted by atomic mass is 10.4. The Bertz CT molecular complexity index is 401. The van der Waals surface area contributed by atoms with E-state index in [1.54, 1.807) is 24.3 Å². The van der Waals surface area contributed by atoms with Gasteiger partial charge in [-0.3, -0.25) is 0 Å².